The summed E-state index contributed by atoms with van der Waals surface area (Å²) in [7, 11) is 5.01. The number of nitrogens with one attached hydrogen (secondary N) is 1. The van der Waals surface area contributed by atoms with Gasteiger partial charge in [-0.1, -0.05) is 0 Å². The number of hydrogen-bond acceptors (Lipinski definition) is 5. The molecule has 1 N–H and O–H groups in total. The Kier molecular flexibility index (Phi) is 4.27. The SMILES string of the molecule is COC(=N)/C(C#N)=[N+](\[O-])c1ccc(N(C)C)cc1. The molecule has 1 aromatic rings. The third-order valence-corrected chi connectivity index (χ3v) is 2.33. The van der Waals surface area contributed by atoms with E-state index in [-0.39, 0.29) is 11.4 Å². The molecule has 0 heterocycles. The highest BCUT2D eigenvalue weighted by atomic mass is 16.5. The summed E-state index contributed by atoms with van der Waals surface area (Å²) in [5, 5.41) is 28.1. The molecular formula is C12H14N4O2. The zero-order valence-electron chi connectivity index (χ0n) is 10.5. The summed E-state index contributed by atoms with van der Waals surface area (Å²) in [4.78, 5) is 1.89. The monoisotopic (exact) mass is 246 g/mol. The van der Waals surface area contributed by atoms with Crippen LogP contribution in [0.5, 0.6) is 0 Å². The average Bonchev–Trinajstić information content (AvgIpc) is 2.39. The van der Waals surface area contributed by atoms with Crippen molar-refractivity contribution in [1.29, 1.82) is 10.7 Å². The molecule has 0 spiro atoms. The predicted octanol–water partition coefficient (Wildman–Crippen LogP) is 1.48. The van der Waals surface area contributed by atoms with Gasteiger partial charge in [-0.25, -0.2) is 0 Å². The minimum Gasteiger partial charge on any atom is -0.617 e. The number of ether oxygens (including phenoxy) is 1. The second-order valence-electron chi connectivity index (χ2n) is 3.70. The molecule has 0 aliphatic carbocycles. The van der Waals surface area contributed by atoms with Gasteiger partial charge in [0.2, 0.25) is 5.69 Å². The molecular weight excluding hydrogens is 232 g/mol. The Hall–Kier alpha value is -2.55. The summed E-state index contributed by atoms with van der Waals surface area (Å²) < 4.78 is 4.96. The van der Waals surface area contributed by atoms with Crippen molar-refractivity contribution in [1.82, 2.24) is 0 Å². The van der Waals surface area contributed by atoms with Crippen LogP contribution in [0.1, 0.15) is 0 Å². The minimum atomic E-state index is -0.454. The van der Waals surface area contributed by atoms with Crippen LogP contribution in [0.15, 0.2) is 24.3 Å². The van der Waals surface area contributed by atoms with Gasteiger partial charge in [-0.3, -0.25) is 5.41 Å². The van der Waals surface area contributed by atoms with Crippen molar-refractivity contribution in [3.05, 3.63) is 29.5 Å². The Morgan fingerprint density at radius 2 is 1.94 bits per heavy atom. The molecule has 6 heteroatoms. The first-order valence-electron chi connectivity index (χ1n) is 5.16. The van der Waals surface area contributed by atoms with Crippen molar-refractivity contribution >= 4 is 23.0 Å². The molecule has 0 bridgehead atoms. The lowest BCUT2D eigenvalue weighted by Crippen LogP contribution is -2.21. The summed E-state index contributed by atoms with van der Waals surface area (Å²) in [5.74, 6) is -0.454. The van der Waals surface area contributed by atoms with E-state index in [9.17, 15) is 5.21 Å². The summed E-state index contributed by atoms with van der Waals surface area (Å²) in [6.45, 7) is 0. The first kappa shape index (κ1) is 13.5. The van der Waals surface area contributed by atoms with Crippen LogP contribution < -0.4 is 4.90 Å². The zero-order chi connectivity index (χ0) is 13.7. The van der Waals surface area contributed by atoms with Crippen molar-refractivity contribution in [3.8, 4) is 6.07 Å². The van der Waals surface area contributed by atoms with Crippen LogP contribution in [0.25, 0.3) is 0 Å². The molecule has 1 rings (SSSR count). The van der Waals surface area contributed by atoms with Crippen molar-refractivity contribution < 1.29 is 9.48 Å². The Labute approximate surface area is 105 Å². The fourth-order valence-corrected chi connectivity index (χ4v) is 1.30. The fraction of sp³-hybridized carbons (Fsp3) is 0.250. The number of hydrogen-bond donors (Lipinski definition) is 1. The Morgan fingerprint density at radius 3 is 2.33 bits per heavy atom. The second kappa shape index (κ2) is 5.68. The summed E-state index contributed by atoms with van der Waals surface area (Å²) in [6.07, 6.45) is 0. The molecule has 6 nitrogen and oxygen atoms in total. The summed E-state index contributed by atoms with van der Waals surface area (Å²) >= 11 is 0. The van der Waals surface area contributed by atoms with Crippen LogP contribution in [0.3, 0.4) is 0 Å². The fourth-order valence-electron chi connectivity index (χ4n) is 1.30. The molecule has 1 aromatic carbocycles. The first-order chi connectivity index (χ1) is 8.51. The largest absolute Gasteiger partial charge is 0.617 e. The molecule has 18 heavy (non-hydrogen) atoms. The normalized spacial score (nSPS) is 11.2. The number of benzene rings is 1. The van der Waals surface area contributed by atoms with Gasteiger partial charge >= 0.3 is 5.71 Å². The van der Waals surface area contributed by atoms with Gasteiger partial charge in [0.05, 0.1) is 7.11 Å². The Bertz CT molecular complexity index is 512. The highest BCUT2D eigenvalue weighted by molar-refractivity contribution is 6.42. The van der Waals surface area contributed by atoms with Crippen molar-refractivity contribution in [2.45, 2.75) is 0 Å². The maximum absolute atomic E-state index is 11.9. The van der Waals surface area contributed by atoms with Crippen LogP contribution in [-0.2, 0) is 4.74 Å². The molecule has 0 amide bonds. The molecule has 94 valence electrons. The van der Waals surface area contributed by atoms with Crippen LogP contribution >= 0.6 is 0 Å². The van der Waals surface area contributed by atoms with Gasteiger partial charge in [-0.2, -0.15) is 10.0 Å². The lowest BCUT2D eigenvalue weighted by atomic mass is 10.2. The van der Waals surface area contributed by atoms with Crippen LogP contribution in [-0.4, -0.2) is 37.6 Å². The molecule has 0 saturated heterocycles. The van der Waals surface area contributed by atoms with E-state index in [1.165, 1.54) is 7.11 Å². The highest BCUT2D eigenvalue weighted by Gasteiger charge is 2.18. The topological polar surface area (TPSA) is 86.2 Å². The van der Waals surface area contributed by atoms with Gasteiger partial charge in [0.1, 0.15) is 0 Å². The molecule has 0 fully saturated rings. The molecule has 0 unspecified atom stereocenters. The molecule has 0 aromatic heterocycles. The van der Waals surface area contributed by atoms with Gasteiger partial charge in [0.15, 0.2) is 6.07 Å². The molecule has 0 aliphatic heterocycles. The van der Waals surface area contributed by atoms with Crippen LogP contribution in [0.2, 0.25) is 0 Å². The molecule has 0 saturated carbocycles. The Balaban J connectivity index is 3.17. The average molecular weight is 246 g/mol. The van der Waals surface area contributed by atoms with Gasteiger partial charge in [0.25, 0.3) is 5.90 Å². The standard InChI is InChI=1S/C12H14N4O2/c1-15(2)9-4-6-10(7-5-9)16(17)11(8-13)12(14)18-3/h4-7,14H,1-3H3/b14-12?,16-11-. The predicted molar refractivity (Wildman–Crippen MR) is 69.4 cm³/mol. The lowest BCUT2D eigenvalue weighted by molar-refractivity contribution is -0.357. The van der Waals surface area contributed by atoms with E-state index in [0.717, 1.165) is 5.69 Å². The van der Waals surface area contributed by atoms with Crippen molar-refractivity contribution in [2.24, 2.45) is 0 Å². The van der Waals surface area contributed by atoms with Crippen molar-refractivity contribution in [3.63, 3.8) is 0 Å². The highest BCUT2D eigenvalue weighted by Crippen LogP contribution is 2.17. The maximum atomic E-state index is 11.9. The summed E-state index contributed by atoms with van der Waals surface area (Å²) in [5.41, 5.74) is 0.835. The van der Waals surface area contributed by atoms with E-state index < -0.39 is 5.90 Å². The zero-order valence-corrected chi connectivity index (χ0v) is 10.5. The lowest BCUT2D eigenvalue weighted by Gasteiger charge is -2.12. The van der Waals surface area contributed by atoms with Crippen molar-refractivity contribution in [2.75, 3.05) is 26.1 Å². The number of anilines is 1. The third-order valence-electron chi connectivity index (χ3n) is 2.33. The number of rotatable bonds is 3. The smallest absolute Gasteiger partial charge is 0.357 e. The third kappa shape index (κ3) is 2.77. The van der Waals surface area contributed by atoms with E-state index in [2.05, 4.69) is 4.74 Å². The molecule has 0 atom stereocenters. The number of methoxy groups -OCH3 is 1. The van der Waals surface area contributed by atoms with Crippen LogP contribution in [0, 0.1) is 21.9 Å². The summed E-state index contributed by atoms with van der Waals surface area (Å²) in [6, 6.07) is 8.34. The number of nitriles is 1. The van der Waals surface area contributed by atoms with E-state index >= 15 is 0 Å². The van der Waals surface area contributed by atoms with Gasteiger partial charge in [-0.15, -0.1) is 0 Å². The van der Waals surface area contributed by atoms with Crippen LogP contribution in [0.4, 0.5) is 11.4 Å². The first-order valence-corrected chi connectivity index (χ1v) is 5.16. The minimum absolute atomic E-state index is 0.277. The molecule has 0 radical (unpaired) electrons. The number of nitrogens with zero attached hydrogens (tertiary/aromatic N) is 3. The van der Waals surface area contributed by atoms with E-state index in [1.807, 2.05) is 19.0 Å². The molecule has 0 aliphatic rings. The van der Waals surface area contributed by atoms with E-state index in [0.29, 0.717) is 4.74 Å². The van der Waals surface area contributed by atoms with Gasteiger partial charge < -0.3 is 14.8 Å². The quantitative estimate of drug-likeness (QED) is 0.288. The van der Waals surface area contributed by atoms with Gasteiger partial charge in [-0.05, 0) is 12.1 Å². The van der Waals surface area contributed by atoms with E-state index in [4.69, 9.17) is 10.7 Å². The van der Waals surface area contributed by atoms with Gasteiger partial charge in [0, 0.05) is 31.9 Å². The second-order valence-corrected chi connectivity index (χ2v) is 3.70. The Morgan fingerprint density at radius 1 is 1.39 bits per heavy atom. The van der Waals surface area contributed by atoms with E-state index in [1.54, 1.807) is 30.3 Å². The maximum Gasteiger partial charge on any atom is 0.357 e.